The van der Waals surface area contributed by atoms with E-state index in [2.05, 4.69) is 42.2 Å². The highest BCUT2D eigenvalue weighted by Gasteiger charge is 2.25. The average Bonchev–Trinajstić information content (AvgIpc) is 2.78. The van der Waals surface area contributed by atoms with Gasteiger partial charge in [0.1, 0.15) is 6.10 Å². The van der Waals surface area contributed by atoms with Crippen LogP contribution in [-0.2, 0) is 4.74 Å². The van der Waals surface area contributed by atoms with Gasteiger partial charge in [-0.2, -0.15) is 0 Å². The first-order chi connectivity index (χ1) is 15.0. The van der Waals surface area contributed by atoms with Gasteiger partial charge in [-0.3, -0.25) is 9.69 Å². The van der Waals surface area contributed by atoms with Crippen LogP contribution in [0.15, 0.2) is 66.2 Å². The van der Waals surface area contributed by atoms with E-state index in [9.17, 15) is 4.79 Å². The van der Waals surface area contributed by atoms with Gasteiger partial charge in [0.15, 0.2) is 0 Å². The first-order valence-corrected chi connectivity index (χ1v) is 10.7. The van der Waals surface area contributed by atoms with Crippen LogP contribution in [0, 0.1) is 0 Å². The summed E-state index contributed by atoms with van der Waals surface area (Å²) in [6.45, 7) is 5.33. The maximum atomic E-state index is 12.8. The van der Waals surface area contributed by atoms with Gasteiger partial charge in [0, 0.05) is 39.1 Å². The molecule has 1 atom stereocenters. The molecule has 0 bridgehead atoms. The molecule has 160 valence electrons. The summed E-state index contributed by atoms with van der Waals surface area (Å²) in [6.07, 6.45) is 2.07. The van der Waals surface area contributed by atoms with Crippen molar-refractivity contribution in [2.75, 3.05) is 40.3 Å². The molecule has 1 amide bonds. The van der Waals surface area contributed by atoms with Gasteiger partial charge in [-0.1, -0.05) is 60.2 Å². The van der Waals surface area contributed by atoms with E-state index in [4.69, 9.17) is 9.72 Å². The fourth-order valence-electron chi connectivity index (χ4n) is 4.04. The standard InChI is InChI=1S/C26H29N3O2/c1-19(15-20-9-5-4-6-10-20)17-29-13-14-31-25(18-29)24-16-22(26(30)28(2)3)21-11-7-8-12-23(21)27-24/h4-12,15-16,25H,13-14,17-18H2,1-3H3/b19-15+/t25-/m1/s1. The normalized spacial score (nSPS) is 17.6. The van der Waals surface area contributed by atoms with E-state index >= 15 is 0 Å². The molecule has 0 spiro atoms. The van der Waals surface area contributed by atoms with Crippen LogP contribution in [-0.4, -0.2) is 61.0 Å². The van der Waals surface area contributed by atoms with Crippen LogP contribution in [0.4, 0.5) is 0 Å². The first-order valence-electron chi connectivity index (χ1n) is 10.7. The lowest BCUT2D eigenvalue weighted by molar-refractivity contribution is -0.0287. The number of benzene rings is 2. The minimum absolute atomic E-state index is 0.0193. The van der Waals surface area contributed by atoms with Gasteiger partial charge in [-0.15, -0.1) is 0 Å². The van der Waals surface area contributed by atoms with Crippen LogP contribution >= 0.6 is 0 Å². The molecule has 0 aliphatic carbocycles. The van der Waals surface area contributed by atoms with Crippen molar-refractivity contribution in [1.29, 1.82) is 0 Å². The van der Waals surface area contributed by atoms with Gasteiger partial charge in [0.05, 0.1) is 23.4 Å². The molecule has 0 radical (unpaired) electrons. The van der Waals surface area contributed by atoms with Crippen molar-refractivity contribution < 1.29 is 9.53 Å². The highest BCUT2D eigenvalue weighted by atomic mass is 16.5. The Kier molecular flexibility index (Phi) is 6.44. The monoisotopic (exact) mass is 415 g/mol. The van der Waals surface area contributed by atoms with E-state index in [0.29, 0.717) is 12.2 Å². The molecule has 5 nitrogen and oxygen atoms in total. The minimum Gasteiger partial charge on any atom is -0.369 e. The topological polar surface area (TPSA) is 45.7 Å². The maximum absolute atomic E-state index is 12.8. The molecule has 31 heavy (non-hydrogen) atoms. The van der Waals surface area contributed by atoms with E-state index in [-0.39, 0.29) is 12.0 Å². The number of amides is 1. The molecule has 2 heterocycles. The number of aromatic nitrogens is 1. The second kappa shape index (κ2) is 9.41. The summed E-state index contributed by atoms with van der Waals surface area (Å²) in [5, 5.41) is 0.874. The Morgan fingerprint density at radius 2 is 1.90 bits per heavy atom. The molecule has 0 N–H and O–H groups in total. The zero-order chi connectivity index (χ0) is 21.8. The van der Waals surface area contributed by atoms with Gasteiger partial charge in [0.2, 0.25) is 0 Å². The van der Waals surface area contributed by atoms with Crippen LogP contribution in [0.1, 0.15) is 34.6 Å². The third kappa shape index (κ3) is 5.01. The minimum atomic E-state index is -0.156. The quantitative estimate of drug-likeness (QED) is 0.619. The molecule has 1 saturated heterocycles. The largest absolute Gasteiger partial charge is 0.369 e. The second-order valence-corrected chi connectivity index (χ2v) is 8.31. The number of morpholine rings is 1. The SMILES string of the molecule is C/C(=C\c1ccccc1)CN1CCO[C@@H](c2cc(C(=O)N(C)C)c3ccccc3n2)C1. The van der Waals surface area contributed by atoms with E-state index in [1.54, 1.807) is 19.0 Å². The zero-order valence-corrected chi connectivity index (χ0v) is 18.4. The number of pyridine rings is 1. The zero-order valence-electron chi connectivity index (χ0n) is 18.4. The van der Waals surface area contributed by atoms with Gasteiger partial charge in [-0.25, -0.2) is 4.98 Å². The molecule has 2 aromatic carbocycles. The molecule has 0 unspecified atom stereocenters. The number of hydrogen-bond donors (Lipinski definition) is 0. The van der Waals surface area contributed by atoms with Gasteiger partial charge < -0.3 is 9.64 Å². The highest BCUT2D eigenvalue weighted by molar-refractivity contribution is 6.06. The van der Waals surface area contributed by atoms with Crippen LogP contribution in [0.5, 0.6) is 0 Å². The predicted octanol–water partition coefficient (Wildman–Crippen LogP) is 4.41. The molecule has 4 rings (SSSR count). The summed E-state index contributed by atoms with van der Waals surface area (Å²) in [7, 11) is 3.55. The Morgan fingerprint density at radius 3 is 2.68 bits per heavy atom. The number of carbonyl (C=O) groups excluding carboxylic acids is 1. The number of hydrogen-bond acceptors (Lipinski definition) is 4. The average molecular weight is 416 g/mol. The van der Waals surface area contributed by atoms with Crippen LogP contribution in [0.3, 0.4) is 0 Å². The summed E-state index contributed by atoms with van der Waals surface area (Å²) in [5.41, 5.74) is 4.84. The molecular weight excluding hydrogens is 386 g/mol. The van der Waals surface area contributed by atoms with Crippen molar-refractivity contribution in [2.45, 2.75) is 13.0 Å². The third-order valence-corrected chi connectivity index (χ3v) is 5.54. The molecule has 1 aliphatic rings. The van der Waals surface area contributed by atoms with Crippen LogP contribution < -0.4 is 0 Å². The van der Waals surface area contributed by atoms with E-state index in [0.717, 1.165) is 36.2 Å². The van der Waals surface area contributed by atoms with Crippen molar-refractivity contribution in [3.63, 3.8) is 0 Å². The van der Waals surface area contributed by atoms with Crippen LogP contribution in [0.2, 0.25) is 0 Å². The Labute approximate surface area is 184 Å². The fourth-order valence-corrected chi connectivity index (χ4v) is 4.04. The van der Waals surface area contributed by atoms with Crippen molar-refractivity contribution in [3.05, 3.63) is 83.1 Å². The van der Waals surface area contributed by atoms with Gasteiger partial charge in [-0.05, 0) is 24.6 Å². The number of para-hydroxylation sites is 1. The first kappa shape index (κ1) is 21.2. The second-order valence-electron chi connectivity index (χ2n) is 8.31. The van der Waals surface area contributed by atoms with Crippen molar-refractivity contribution >= 4 is 22.9 Å². The number of carbonyl (C=O) groups is 1. The molecular formula is C26H29N3O2. The molecule has 3 aromatic rings. The molecule has 1 aliphatic heterocycles. The maximum Gasteiger partial charge on any atom is 0.254 e. The molecule has 5 heteroatoms. The molecule has 1 fully saturated rings. The Bertz CT molecular complexity index is 1090. The molecule has 1 aromatic heterocycles. The highest BCUT2D eigenvalue weighted by Crippen LogP contribution is 2.27. The summed E-state index contributed by atoms with van der Waals surface area (Å²) < 4.78 is 6.09. The summed E-state index contributed by atoms with van der Waals surface area (Å²) >= 11 is 0. The lowest BCUT2D eigenvalue weighted by Crippen LogP contribution is -2.39. The summed E-state index contributed by atoms with van der Waals surface area (Å²) in [6, 6.07) is 20.1. The predicted molar refractivity (Wildman–Crippen MR) is 125 cm³/mol. The van der Waals surface area contributed by atoms with E-state index in [1.165, 1.54) is 11.1 Å². The Hall–Kier alpha value is -3.02. The lowest BCUT2D eigenvalue weighted by atomic mass is 10.0. The van der Waals surface area contributed by atoms with Crippen molar-refractivity contribution in [2.24, 2.45) is 0 Å². The summed E-state index contributed by atoms with van der Waals surface area (Å²) in [4.78, 5) is 21.7. The fraction of sp³-hybridized carbons (Fsp3) is 0.308. The number of rotatable bonds is 5. The Morgan fingerprint density at radius 1 is 1.16 bits per heavy atom. The summed E-state index contributed by atoms with van der Waals surface area (Å²) in [5.74, 6) is -0.0193. The van der Waals surface area contributed by atoms with E-state index in [1.807, 2.05) is 36.4 Å². The van der Waals surface area contributed by atoms with Gasteiger partial charge >= 0.3 is 0 Å². The van der Waals surface area contributed by atoms with Crippen molar-refractivity contribution in [1.82, 2.24) is 14.8 Å². The van der Waals surface area contributed by atoms with E-state index < -0.39 is 0 Å². The van der Waals surface area contributed by atoms with Crippen molar-refractivity contribution in [3.8, 4) is 0 Å². The number of ether oxygens (including phenoxy) is 1. The van der Waals surface area contributed by atoms with Gasteiger partial charge in [0.25, 0.3) is 5.91 Å². The third-order valence-electron chi connectivity index (χ3n) is 5.54. The Balaban J connectivity index is 1.57. The number of fused-ring (bicyclic) bond motifs is 1. The smallest absolute Gasteiger partial charge is 0.254 e. The molecule has 0 saturated carbocycles. The number of nitrogens with zero attached hydrogens (tertiary/aromatic N) is 3. The van der Waals surface area contributed by atoms with Crippen LogP contribution in [0.25, 0.3) is 17.0 Å². The lowest BCUT2D eigenvalue weighted by Gasteiger charge is -2.33.